The second kappa shape index (κ2) is 82.6. The zero-order valence-corrected chi connectivity index (χ0v) is 93.5. The summed E-state index contributed by atoms with van der Waals surface area (Å²) < 4.78 is 64.4. The van der Waals surface area contributed by atoms with Gasteiger partial charge in [-0.05, 0) is 95.9 Å². The van der Waals surface area contributed by atoms with Crippen LogP contribution in [0.5, 0.6) is 0 Å². The number of benzene rings is 8. The number of nitrogens with one attached hydrogen (secondary N) is 1. The first-order valence-electron chi connectivity index (χ1n) is 43.1. The Morgan fingerprint density at radius 2 is 0.481 bits per heavy atom. The molecule has 8 aromatic carbocycles. The number of halogens is 3. The number of aliphatic hydroxyl groups is 2. The van der Waals surface area contributed by atoms with Crippen LogP contribution in [0.1, 0.15) is 144 Å². The monoisotopic (exact) mass is 2250 g/mol. The maximum Gasteiger partial charge on any atom is 0.525 e. The van der Waals surface area contributed by atoms with Crippen LogP contribution < -0.4 is 5.32 Å². The molecule has 35 heteroatoms. The molecule has 133 heavy (non-hydrogen) atoms. The summed E-state index contributed by atoms with van der Waals surface area (Å²) in [4.78, 5) is 65.3. The first-order chi connectivity index (χ1) is 63.6. The Morgan fingerprint density at radius 1 is 0.316 bits per heavy atom. The first kappa shape index (κ1) is 132. The van der Waals surface area contributed by atoms with Crippen molar-refractivity contribution in [2.45, 2.75) is 133 Å². The fourth-order valence-corrected chi connectivity index (χ4v) is 12.7. The number of alkyl carbamates (subject to hydrolysis) is 1. The average Bonchev–Trinajstić information content (AvgIpc) is 0.849. The molecule has 0 saturated carbocycles. The van der Waals surface area contributed by atoms with E-state index in [4.69, 9.17) is 84.4 Å². The van der Waals surface area contributed by atoms with E-state index in [2.05, 4.69) is 330 Å². The third kappa shape index (κ3) is 56.6. The highest BCUT2D eigenvalue weighted by molar-refractivity contribution is 15.0. The van der Waals surface area contributed by atoms with Crippen molar-refractivity contribution in [1.82, 2.24) is 5.32 Å². The Balaban J connectivity index is -0.000000737. The predicted molar refractivity (Wildman–Crippen MR) is 575 cm³/mol. The molecule has 0 aromatic heterocycles. The van der Waals surface area contributed by atoms with Crippen molar-refractivity contribution in [2.24, 2.45) is 34.9 Å². The van der Waals surface area contributed by atoms with Gasteiger partial charge in [-0.15, -0.1) is 24.0 Å². The fraction of sp³-hybridized carbons (Fsp3) is 0.429. The highest BCUT2D eigenvalue weighted by atomic mass is 128. The standard InChI is InChI=1S/C22H31NO3Si.C21H26N2O2.2C19H23NO.2C4H12O3Si.C3H10O4Si.3C2H3NO.I2.HI/c1-6-18-8-12-20(13-9-18)22(21-14-10-19(7-2)11-15-21)23-16-17-26-27(5,24-3)25-4;1-4-16-6-10-18(11-7-16)20(23-14-15-25-21(24)22-3)19-12-8-17(5-2)9-13-19;2*1-3-15-5-9-17(10-6-15)19(20-13-14-21)18-11-7-16(4-2)8-12-18;2*1-5-8(4,6-2)7-3;1-5-8(3,6-2)7-4;3*1-3-2-4;1-2;/h8-15H,6-7,16-17H2,1-5H3;6-13H,4-5,14-15H2,1-3H3,(H,22,24);2*5-12,21H,3-4,13-14H2,1-2H3;2*1-4H3;4H,1-3H3;3*1H3;;1H. The summed E-state index contributed by atoms with van der Waals surface area (Å²) in [6, 6.07) is 68.3. The lowest BCUT2D eigenvalue weighted by Gasteiger charge is -2.21. The SMILES string of the molecule is CCc1ccc(C(=NCCO)c2ccc(CC)cc2)cc1.CCc1ccc(C(=NCCO)c2ccc(CC)cc2)cc1.CCc1ccc(C(=NCCOC(=O)NC)c2ccc(CC)cc2)cc1.CCc1ccc(C(=NCCO[Si](C)(OC)OC)c2ccc(CC)cc2)cc1.CN=C=O.CN=C=O.CN=C=O.CO[Si](C)(OC)OC.CO[Si](C)(OC)OC.CO[Si](C)(OC)OO.I.II. The number of nitrogens with zero attached hydrogens (tertiary/aromatic N) is 7. The van der Waals surface area contributed by atoms with Gasteiger partial charge in [0.15, 0.2) is 0 Å². The Kier molecular flexibility index (Phi) is 81.7. The molecule has 0 atom stereocenters. The summed E-state index contributed by atoms with van der Waals surface area (Å²) in [5.41, 5.74) is 23.1. The molecule has 8 aromatic rings. The fourth-order valence-electron chi connectivity index (χ4n) is 10.5. The molecular formula is C98H147I3N8O20Si4. The van der Waals surface area contributed by atoms with Gasteiger partial charge >= 0.3 is 41.3 Å². The molecule has 8 rings (SSSR count). The topological polar surface area (TPSA) is 348 Å². The van der Waals surface area contributed by atoms with Crippen molar-refractivity contribution in [1.29, 1.82) is 0 Å². The summed E-state index contributed by atoms with van der Waals surface area (Å²) in [5, 5.41) is 28.7. The largest absolute Gasteiger partial charge is 0.525 e. The van der Waals surface area contributed by atoms with Crippen LogP contribution in [-0.4, -0.2) is 250 Å². The van der Waals surface area contributed by atoms with Gasteiger partial charge in [0.1, 0.15) is 6.61 Å². The number of rotatable bonds is 38. The van der Waals surface area contributed by atoms with Crippen molar-refractivity contribution in [3.8, 4) is 0 Å². The molecule has 0 aliphatic carbocycles. The van der Waals surface area contributed by atoms with Gasteiger partial charge in [0.2, 0.25) is 18.2 Å². The van der Waals surface area contributed by atoms with Gasteiger partial charge < -0.3 is 69.0 Å². The maximum absolute atomic E-state index is 11.2. The van der Waals surface area contributed by atoms with Crippen LogP contribution in [0.4, 0.5) is 4.79 Å². The molecule has 1 amide bonds. The van der Waals surface area contributed by atoms with Gasteiger partial charge in [-0.25, -0.2) is 38.7 Å². The predicted octanol–water partition coefficient (Wildman–Crippen LogP) is 19.4. The molecule has 0 aliphatic heterocycles. The minimum Gasteiger partial charge on any atom is -0.448 e. The van der Waals surface area contributed by atoms with E-state index in [1.54, 1.807) is 70.5 Å². The van der Waals surface area contributed by atoms with Crippen LogP contribution in [0.2, 0.25) is 26.2 Å². The third-order valence-corrected chi connectivity index (χ3v) is 28.0. The number of carbonyl (C=O) groups is 1. The lowest BCUT2D eigenvalue weighted by Crippen LogP contribution is -2.40. The summed E-state index contributed by atoms with van der Waals surface area (Å²) >= 11 is 4.24. The second-order valence-corrected chi connectivity index (χ2v) is 39.0. The van der Waals surface area contributed by atoms with E-state index < -0.39 is 41.3 Å². The summed E-state index contributed by atoms with van der Waals surface area (Å²) in [7, 11) is 11.8. The lowest BCUT2D eigenvalue weighted by molar-refractivity contribution is -0.190. The van der Waals surface area contributed by atoms with Crippen molar-refractivity contribution in [2.75, 3.05) is 152 Å². The zero-order valence-electron chi connectivity index (χ0n) is 82.9. The first-order valence-corrected chi connectivity index (χ1v) is 58.3. The molecule has 4 N–H and O–H groups in total. The van der Waals surface area contributed by atoms with Gasteiger partial charge in [0.25, 0.3) is 0 Å². The Morgan fingerprint density at radius 3 is 0.602 bits per heavy atom. The molecule has 28 nitrogen and oxygen atoms in total. The number of aliphatic imine (C=N–C) groups is 7. The minimum absolute atomic E-state index is 0. The Labute approximate surface area is 837 Å². The smallest absolute Gasteiger partial charge is 0.448 e. The number of aryl methyl sites for hydroxylation is 8. The molecule has 0 fully saturated rings. The molecule has 736 valence electrons. The normalized spacial score (nSPS) is 10.1. The number of aliphatic hydroxyl groups excluding tert-OH is 2. The molecule has 0 heterocycles. The minimum atomic E-state index is -2.62. The van der Waals surface area contributed by atoms with E-state index in [-0.39, 0.29) is 43.8 Å². The maximum atomic E-state index is 11.2. The Bertz CT molecular complexity index is 4150. The number of carbonyl (C=O) groups excluding carboxylic acids is 4. The molecule has 0 bridgehead atoms. The molecule has 0 saturated heterocycles. The van der Waals surface area contributed by atoms with Crippen LogP contribution in [0.25, 0.3) is 0 Å². The van der Waals surface area contributed by atoms with E-state index in [1.807, 2.05) is 19.6 Å². The number of hydrogen-bond donors (Lipinski definition) is 4. The van der Waals surface area contributed by atoms with Gasteiger partial charge in [-0.3, -0.25) is 25.2 Å². The molecule has 0 aliphatic rings. The van der Waals surface area contributed by atoms with Crippen LogP contribution in [0.3, 0.4) is 0 Å². The second-order valence-electron chi connectivity index (χ2n) is 27.5. The summed E-state index contributed by atoms with van der Waals surface area (Å²) in [5.74, 6) is 0. The van der Waals surface area contributed by atoms with Gasteiger partial charge in [0, 0.05) is 207 Å². The lowest BCUT2D eigenvalue weighted by atomic mass is 9.99. The van der Waals surface area contributed by atoms with E-state index in [0.29, 0.717) is 32.8 Å². The highest BCUT2D eigenvalue weighted by Gasteiger charge is 2.33. The summed E-state index contributed by atoms with van der Waals surface area (Å²) in [6.45, 7) is 27.0. The van der Waals surface area contributed by atoms with Gasteiger partial charge in [0.05, 0.1) is 68.8 Å². The van der Waals surface area contributed by atoms with E-state index in [1.165, 1.54) is 98.1 Å². The van der Waals surface area contributed by atoms with Gasteiger partial charge in [-0.2, -0.15) is 0 Å². The quantitative estimate of drug-likeness (QED) is 0.00531. The average molecular weight is 2250 g/mol. The van der Waals surface area contributed by atoms with Crippen LogP contribution in [0, 0.1) is 0 Å². The van der Waals surface area contributed by atoms with Crippen molar-refractivity contribution in [3.63, 3.8) is 0 Å². The molecule has 0 unspecified atom stereocenters. The molecule has 0 radical (unpaired) electrons. The van der Waals surface area contributed by atoms with E-state index in [9.17, 15) is 4.79 Å². The van der Waals surface area contributed by atoms with Crippen LogP contribution in [-0.2, 0) is 124 Å². The number of ether oxygens (including phenoxy) is 1. The van der Waals surface area contributed by atoms with Gasteiger partial charge in [-0.1, -0.05) is 250 Å². The molecular weight excluding hydrogens is 2100 g/mol. The van der Waals surface area contributed by atoms with E-state index in [0.717, 1.165) is 119 Å². The van der Waals surface area contributed by atoms with Crippen LogP contribution in [0.15, 0.2) is 229 Å². The summed E-state index contributed by atoms with van der Waals surface area (Å²) in [6.07, 6.45) is 11.7. The molecule has 0 spiro atoms. The van der Waals surface area contributed by atoms with Crippen molar-refractivity contribution >= 4 is 144 Å². The van der Waals surface area contributed by atoms with Crippen molar-refractivity contribution in [3.05, 3.63) is 283 Å². The van der Waals surface area contributed by atoms with Crippen molar-refractivity contribution < 1.29 is 92.6 Å². The Hall–Kier alpha value is -7.69. The number of isocyanates is 3. The number of amides is 1. The third-order valence-electron chi connectivity index (χ3n) is 19.5. The van der Waals surface area contributed by atoms with E-state index >= 15 is 0 Å². The number of hydrogen-bond acceptors (Lipinski definition) is 27. The van der Waals surface area contributed by atoms with Crippen LogP contribution >= 0.6 is 61.2 Å². The zero-order chi connectivity index (χ0) is 100. The highest BCUT2D eigenvalue weighted by Crippen LogP contribution is 2.21.